The molecule has 1 aliphatic heterocycles. The van der Waals surface area contributed by atoms with Crippen LogP contribution in [0.5, 0.6) is 0 Å². The van der Waals surface area contributed by atoms with Gasteiger partial charge in [0, 0.05) is 18.8 Å². The minimum absolute atomic E-state index is 0.0759. The van der Waals surface area contributed by atoms with Crippen LogP contribution in [0.3, 0.4) is 0 Å². The largest absolute Gasteiger partial charge is 0.392 e. The van der Waals surface area contributed by atoms with E-state index in [1.54, 1.807) is 6.20 Å². The van der Waals surface area contributed by atoms with Crippen molar-refractivity contribution in [2.24, 2.45) is 0 Å². The quantitative estimate of drug-likeness (QED) is 0.889. The lowest BCUT2D eigenvalue weighted by Crippen LogP contribution is -2.40. The van der Waals surface area contributed by atoms with Crippen LogP contribution < -0.4 is 4.90 Å². The number of aryl methyl sites for hydroxylation is 1. The summed E-state index contributed by atoms with van der Waals surface area (Å²) in [6.45, 7) is 5.55. The van der Waals surface area contributed by atoms with Crippen molar-refractivity contribution in [3.8, 4) is 0 Å². The number of nitrogens with zero attached hydrogens (tertiary/aromatic N) is 2. The number of aliphatic hydroxyl groups excluding tert-OH is 1. The number of rotatable bonds is 4. The normalized spacial score (nSPS) is 20.2. The summed E-state index contributed by atoms with van der Waals surface area (Å²) < 4.78 is 0. The van der Waals surface area contributed by atoms with Gasteiger partial charge in [-0.25, -0.2) is 4.98 Å². The minimum Gasteiger partial charge on any atom is -0.392 e. The van der Waals surface area contributed by atoms with Gasteiger partial charge in [0.1, 0.15) is 5.82 Å². The third-order valence-corrected chi connectivity index (χ3v) is 3.81. The van der Waals surface area contributed by atoms with Crippen molar-refractivity contribution in [3.05, 3.63) is 23.4 Å². The first kappa shape index (κ1) is 13.3. The van der Waals surface area contributed by atoms with Gasteiger partial charge in [0.2, 0.25) is 0 Å². The highest BCUT2D eigenvalue weighted by molar-refractivity contribution is 5.48. The third-order valence-electron chi connectivity index (χ3n) is 3.81. The molecule has 1 saturated heterocycles. The van der Waals surface area contributed by atoms with E-state index in [0.29, 0.717) is 6.04 Å². The summed E-state index contributed by atoms with van der Waals surface area (Å²) in [5.41, 5.74) is 2.09. The van der Waals surface area contributed by atoms with Gasteiger partial charge < -0.3 is 10.0 Å². The summed E-state index contributed by atoms with van der Waals surface area (Å²) in [5, 5.41) is 9.15. The maximum Gasteiger partial charge on any atom is 0.131 e. The smallest absolute Gasteiger partial charge is 0.131 e. The van der Waals surface area contributed by atoms with Gasteiger partial charge in [-0.1, -0.05) is 13.3 Å². The van der Waals surface area contributed by atoms with E-state index in [4.69, 9.17) is 5.11 Å². The molecule has 0 spiro atoms. The SMILES string of the molecule is CCCC1CCCCN1c1ncc(CO)cc1C. The lowest BCUT2D eigenvalue weighted by Gasteiger charge is -2.37. The number of hydrogen-bond acceptors (Lipinski definition) is 3. The van der Waals surface area contributed by atoms with Crippen LogP contribution in [0.4, 0.5) is 5.82 Å². The van der Waals surface area contributed by atoms with Crippen LogP contribution in [0.15, 0.2) is 12.3 Å². The monoisotopic (exact) mass is 248 g/mol. The van der Waals surface area contributed by atoms with Crippen molar-refractivity contribution in [1.82, 2.24) is 4.98 Å². The molecule has 3 nitrogen and oxygen atoms in total. The third kappa shape index (κ3) is 2.83. The van der Waals surface area contributed by atoms with E-state index in [0.717, 1.165) is 17.9 Å². The van der Waals surface area contributed by atoms with Crippen molar-refractivity contribution in [1.29, 1.82) is 0 Å². The van der Waals surface area contributed by atoms with Crippen molar-refractivity contribution in [3.63, 3.8) is 0 Å². The molecule has 0 bridgehead atoms. The first-order valence-electron chi connectivity index (χ1n) is 7.09. The molecule has 2 heterocycles. The second-order valence-corrected chi connectivity index (χ2v) is 5.27. The number of aromatic nitrogens is 1. The van der Waals surface area contributed by atoms with Gasteiger partial charge >= 0.3 is 0 Å². The van der Waals surface area contributed by atoms with E-state index in [2.05, 4.69) is 29.8 Å². The predicted molar refractivity (Wildman–Crippen MR) is 74.8 cm³/mol. The van der Waals surface area contributed by atoms with E-state index < -0.39 is 0 Å². The minimum atomic E-state index is 0.0759. The fraction of sp³-hybridized carbons (Fsp3) is 0.667. The highest BCUT2D eigenvalue weighted by Crippen LogP contribution is 2.28. The molecule has 1 atom stereocenters. The van der Waals surface area contributed by atoms with E-state index in [-0.39, 0.29) is 6.61 Å². The molecule has 1 aliphatic rings. The van der Waals surface area contributed by atoms with E-state index in [1.807, 2.05) is 0 Å². The van der Waals surface area contributed by atoms with Gasteiger partial charge in [-0.2, -0.15) is 0 Å². The Bertz CT molecular complexity index is 390. The highest BCUT2D eigenvalue weighted by atomic mass is 16.3. The Morgan fingerprint density at radius 3 is 2.94 bits per heavy atom. The van der Waals surface area contributed by atoms with Gasteiger partial charge in [0.05, 0.1) is 6.61 Å². The standard InChI is InChI=1S/C15H24N2O/c1-3-6-14-7-4-5-8-17(14)15-12(2)9-13(11-18)10-16-15/h9-10,14,18H,3-8,11H2,1-2H3. The maximum atomic E-state index is 9.15. The fourth-order valence-corrected chi connectivity index (χ4v) is 2.93. The second kappa shape index (κ2) is 6.19. The first-order valence-corrected chi connectivity index (χ1v) is 7.09. The number of piperidine rings is 1. The predicted octanol–water partition coefficient (Wildman–Crippen LogP) is 3.04. The zero-order chi connectivity index (χ0) is 13.0. The Morgan fingerprint density at radius 2 is 2.28 bits per heavy atom. The fourth-order valence-electron chi connectivity index (χ4n) is 2.93. The number of anilines is 1. The molecule has 1 unspecified atom stereocenters. The molecule has 1 fully saturated rings. The van der Waals surface area contributed by atoms with E-state index in [1.165, 1.54) is 37.7 Å². The first-order chi connectivity index (χ1) is 8.76. The van der Waals surface area contributed by atoms with Gasteiger partial charge in [-0.05, 0) is 49.8 Å². The Labute approximate surface area is 110 Å². The maximum absolute atomic E-state index is 9.15. The molecule has 2 rings (SSSR count). The second-order valence-electron chi connectivity index (χ2n) is 5.27. The van der Waals surface area contributed by atoms with Crippen LogP contribution in [0.25, 0.3) is 0 Å². The zero-order valence-electron chi connectivity index (χ0n) is 11.5. The van der Waals surface area contributed by atoms with Crippen molar-refractivity contribution in [2.75, 3.05) is 11.4 Å². The molecule has 0 aromatic carbocycles. The molecule has 1 N–H and O–H groups in total. The van der Waals surface area contributed by atoms with E-state index >= 15 is 0 Å². The van der Waals surface area contributed by atoms with Crippen LogP contribution in [0, 0.1) is 6.92 Å². The highest BCUT2D eigenvalue weighted by Gasteiger charge is 2.23. The van der Waals surface area contributed by atoms with Gasteiger partial charge in [0.15, 0.2) is 0 Å². The van der Waals surface area contributed by atoms with Crippen LogP contribution in [-0.4, -0.2) is 22.7 Å². The molecule has 3 heteroatoms. The molecular weight excluding hydrogens is 224 g/mol. The van der Waals surface area contributed by atoms with Crippen molar-refractivity contribution < 1.29 is 5.11 Å². The molecule has 1 aromatic heterocycles. The lowest BCUT2D eigenvalue weighted by molar-refractivity contribution is 0.281. The zero-order valence-corrected chi connectivity index (χ0v) is 11.5. The number of hydrogen-bond donors (Lipinski definition) is 1. The average molecular weight is 248 g/mol. The Morgan fingerprint density at radius 1 is 1.44 bits per heavy atom. The number of aliphatic hydroxyl groups is 1. The molecule has 0 amide bonds. The summed E-state index contributed by atoms with van der Waals surface area (Å²) in [6, 6.07) is 2.70. The number of pyridine rings is 1. The van der Waals surface area contributed by atoms with Crippen LogP contribution in [0.2, 0.25) is 0 Å². The van der Waals surface area contributed by atoms with Crippen LogP contribution >= 0.6 is 0 Å². The Hall–Kier alpha value is -1.09. The summed E-state index contributed by atoms with van der Waals surface area (Å²) in [4.78, 5) is 7.05. The molecular formula is C15H24N2O. The lowest BCUT2D eigenvalue weighted by atomic mass is 9.97. The molecule has 100 valence electrons. The summed E-state index contributed by atoms with van der Waals surface area (Å²) in [7, 11) is 0. The van der Waals surface area contributed by atoms with Crippen LogP contribution in [-0.2, 0) is 6.61 Å². The molecule has 18 heavy (non-hydrogen) atoms. The van der Waals surface area contributed by atoms with Crippen molar-refractivity contribution in [2.45, 2.75) is 58.6 Å². The van der Waals surface area contributed by atoms with Crippen molar-refractivity contribution >= 4 is 5.82 Å². The Balaban J connectivity index is 2.22. The van der Waals surface area contributed by atoms with Gasteiger partial charge in [-0.15, -0.1) is 0 Å². The summed E-state index contributed by atoms with van der Waals surface area (Å²) in [6.07, 6.45) is 8.19. The van der Waals surface area contributed by atoms with Gasteiger partial charge in [0.25, 0.3) is 0 Å². The Kier molecular flexibility index (Phi) is 4.59. The summed E-state index contributed by atoms with van der Waals surface area (Å²) >= 11 is 0. The topological polar surface area (TPSA) is 36.4 Å². The molecule has 1 aromatic rings. The van der Waals surface area contributed by atoms with E-state index in [9.17, 15) is 0 Å². The van der Waals surface area contributed by atoms with Gasteiger partial charge in [-0.3, -0.25) is 0 Å². The molecule has 0 radical (unpaired) electrons. The molecule has 0 saturated carbocycles. The molecule has 0 aliphatic carbocycles. The van der Waals surface area contributed by atoms with Crippen LogP contribution in [0.1, 0.15) is 50.2 Å². The summed E-state index contributed by atoms with van der Waals surface area (Å²) in [5.74, 6) is 1.12. The average Bonchev–Trinajstić information content (AvgIpc) is 2.40.